The third kappa shape index (κ3) is 5.90. The normalized spacial score (nSPS) is 19.2. The Hall–Kier alpha value is -3.12. The lowest BCUT2D eigenvalue weighted by atomic mass is 10.1. The molecule has 198 valence electrons. The highest BCUT2D eigenvalue weighted by Gasteiger charge is 2.31. The fourth-order valence-corrected chi connectivity index (χ4v) is 4.74. The van der Waals surface area contributed by atoms with Crippen molar-refractivity contribution in [2.24, 2.45) is 5.92 Å². The molecule has 2 aromatic heterocycles. The number of amides is 1. The average molecular weight is 536 g/mol. The number of pyridine rings is 2. The monoisotopic (exact) mass is 535 g/mol. The number of hydrogen-bond acceptors (Lipinski definition) is 8. The molecule has 0 saturated carbocycles. The summed E-state index contributed by atoms with van der Waals surface area (Å²) in [6.45, 7) is 2.35. The number of aliphatic hydroxyl groups excluding tert-OH is 1. The third-order valence-electron chi connectivity index (χ3n) is 6.57. The van der Waals surface area contributed by atoms with Crippen LogP contribution in [-0.2, 0) is 17.8 Å². The molecule has 5 rings (SSSR count). The van der Waals surface area contributed by atoms with E-state index in [0.29, 0.717) is 72.9 Å². The van der Waals surface area contributed by atoms with Crippen LogP contribution in [0.5, 0.6) is 11.6 Å². The molecule has 3 N–H and O–H groups in total. The second-order valence-corrected chi connectivity index (χ2v) is 9.07. The maximum Gasteiger partial charge on any atom is 0.262 e. The first kappa shape index (κ1) is 26.9. The third-order valence-corrected chi connectivity index (χ3v) is 6.57. The molecule has 2 aliphatic heterocycles. The van der Waals surface area contributed by atoms with Gasteiger partial charge in [0.15, 0.2) is 18.2 Å². The van der Waals surface area contributed by atoms with Crippen LogP contribution in [0.2, 0.25) is 0 Å². The van der Waals surface area contributed by atoms with Crippen molar-refractivity contribution in [3.8, 4) is 11.6 Å². The van der Waals surface area contributed by atoms with E-state index < -0.39 is 17.7 Å². The van der Waals surface area contributed by atoms with Gasteiger partial charge in [0.2, 0.25) is 5.88 Å². The molecule has 0 radical (unpaired) electrons. The van der Waals surface area contributed by atoms with Gasteiger partial charge in [-0.1, -0.05) is 0 Å². The fraction of sp³-hybridized carbons (Fsp3) is 0.400. The van der Waals surface area contributed by atoms with Gasteiger partial charge < -0.3 is 30.1 Å². The largest absolute Gasteiger partial charge is 0.481 e. The molecule has 1 aromatic carbocycles. The summed E-state index contributed by atoms with van der Waals surface area (Å²) in [4.78, 5) is 22.1. The lowest BCUT2D eigenvalue weighted by molar-refractivity contribution is -0.118. The van der Waals surface area contributed by atoms with Gasteiger partial charge >= 0.3 is 0 Å². The van der Waals surface area contributed by atoms with E-state index in [2.05, 4.69) is 25.5 Å². The van der Waals surface area contributed by atoms with Crippen LogP contribution < -0.4 is 20.1 Å². The molecule has 37 heavy (non-hydrogen) atoms. The molecule has 9 nitrogen and oxygen atoms in total. The Morgan fingerprint density at radius 3 is 2.92 bits per heavy atom. The number of aliphatic hydroxyl groups is 1. The SMILES string of the molecule is COc1ccc2ncc(F)c(CCN3C[C@H](CNCc4cc(F)c5c(c4)NC(=O)CO5)[C@H](O)C3)c2n1.Cl. The van der Waals surface area contributed by atoms with Crippen molar-refractivity contribution in [2.75, 3.05) is 45.2 Å². The first-order valence-corrected chi connectivity index (χ1v) is 11.8. The molecular weight excluding hydrogens is 508 g/mol. The number of anilines is 1. The zero-order chi connectivity index (χ0) is 25.2. The standard InChI is InChI=1S/C25H27F2N5O4.ClH/c1-35-23-3-2-19-24(31-23)16(18(27)10-29-19)4-5-32-11-15(21(33)12-32)9-28-8-14-6-17(26)25-20(7-14)30-22(34)13-36-25;/h2-3,6-7,10,15,21,28,33H,4-5,8-9,11-13H2,1H3,(H,30,34);1H/t15-,21+;/m0./s1. The highest BCUT2D eigenvalue weighted by Crippen LogP contribution is 2.32. The van der Waals surface area contributed by atoms with Crippen LogP contribution in [0.4, 0.5) is 14.5 Å². The molecule has 1 saturated heterocycles. The zero-order valence-electron chi connectivity index (χ0n) is 20.2. The quantitative estimate of drug-likeness (QED) is 0.403. The maximum atomic E-state index is 14.6. The van der Waals surface area contributed by atoms with Crippen LogP contribution in [0, 0.1) is 17.6 Å². The number of aromatic nitrogens is 2. The van der Waals surface area contributed by atoms with Gasteiger partial charge in [-0.3, -0.25) is 9.78 Å². The Bertz CT molecular complexity index is 1300. The van der Waals surface area contributed by atoms with Gasteiger partial charge in [0.05, 0.1) is 36.1 Å². The van der Waals surface area contributed by atoms with E-state index in [1.807, 2.05) is 0 Å². The number of fused-ring (bicyclic) bond motifs is 2. The number of carbonyl (C=O) groups is 1. The summed E-state index contributed by atoms with van der Waals surface area (Å²) in [6, 6.07) is 6.49. The van der Waals surface area contributed by atoms with Crippen molar-refractivity contribution < 1.29 is 28.2 Å². The first-order chi connectivity index (χ1) is 17.4. The Morgan fingerprint density at radius 2 is 2.11 bits per heavy atom. The summed E-state index contributed by atoms with van der Waals surface area (Å²) in [7, 11) is 1.51. The van der Waals surface area contributed by atoms with Gasteiger partial charge in [-0.15, -0.1) is 12.4 Å². The van der Waals surface area contributed by atoms with E-state index in [1.54, 1.807) is 18.2 Å². The second kappa shape index (κ2) is 11.5. The van der Waals surface area contributed by atoms with E-state index in [-0.39, 0.29) is 36.6 Å². The van der Waals surface area contributed by atoms with Crippen molar-refractivity contribution in [1.29, 1.82) is 0 Å². The number of nitrogens with zero attached hydrogens (tertiary/aromatic N) is 3. The van der Waals surface area contributed by atoms with Crippen LogP contribution in [0.25, 0.3) is 11.0 Å². The smallest absolute Gasteiger partial charge is 0.262 e. The number of ether oxygens (including phenoxy) is 2. The van der Waals surface area contributed by atoms with Gasteiger partial charge in [-0.05, 0) is 30.2 Å². The summed E-state index contributed by atoms with van der Waals surface area (Å²) < 4.78 is 39.2. The van der Waals surface area contributed by atoms with E-state index in [1.165, 1.54) is 19.4 Å². The van der Waals surface area contributed by atoms with Crippen molar-refractivity contribution in [2.45, 2.75) is 19.1 Å². The van der Waals surface area contributed by atoms with Crippen molar-refractivity contribution >= 4 is 35.0 Å². The van der Waals surface area contributed by atoms with E-state index >= 15 is 0 Å². The number of rotatable bonds is 8. The molecule has 0 aliphatic carbocycles. The molecule has 0 bridgehead atoms. The van der Waals surface area contributed by atoms with Gasteiger partial charge in [-0.2, -0.15) is 0 Å². The number of benzene rings is 1. The van der Waals surface area contributed by atoms with Crippen LogP contribution in [-0.4, -0.2) is 71.9 Å². The summed E-state index contributed by atoms with van der Waals surface area (Å²) in [6.07, 6.45) is 1.08. The predicted molar refractivity (Wildman–Crippen MR) is 135 cm³/mol. The van der Waals surface area contributed by atoms with Crippen molar-refractivity contribution in [3.05, 3.63) is 53.2 Å². The number of nitrogens with one attached hydrogen (secondary N) is 2. The molecule has 12 heteroatoms. The summed E-state index contributed by atoms with van der Waals surface area (Å²) in [5.41, 5.74) is 2.52. The summed E-state index contributed by atoms with van der Waals surface area (Å²) >= 11 is 0. The Balaban J connectivity index is 0.00000320. The topological polar surface area (TPSA) is 109 Å². The highest BCUT2D eigenvalue weighted by atomic mass is 35.5. The minimum atomic E-state index is -0.539. The van der Waals surface area contributed by atoms with E-state index in [9.17, 15) is 18.7 Å². The number of methoxy groups -OCH3 is 1. The van der Waals surface area contributed by atoms with Gasteiger partial charge in [-0.25, -0.2) is 13.8 Å². The van der Waals surface area contributed by atoms with Gasteiger partial charge in [0.1, 0.15) is 5.82 Å². The van der Waals surface area contributed by atoms with Crippen LogP contribution in [0.15, 0.2) is 30.5 Å². The van der Waals surface area contributed by atoms with Crippen LogP contribution in [0.3, 0.4) is 0 Å². The zero-order valence-corrected chi connectivity index (χ0v) is 21.0. The number of hydrogen-bond donors (Lipinski definition) is 3. The van der Waals surface area contributed by atoms with Crippen molar-refractivity contribution in [3.63, 3.8) is 0 Å². The molecule has 2 atom stereocenters. The average Bonchev–Trinajstić information content (AvgIpc) is 3.21. The van der Waals surface area contributed by atoms with Crippen LogP contribution >= 0.6 is 12.4 Å². The Labute approximate surface area is 218 Å². The molecule has 0 spiro atoms. The minimum absolute atomic E-state index is 0. The molecule has 3 aromatic rings. The number of β-amino-alcohol motifs (C(OH)–C–C–N with tert-alkyl or cyclic N) is 1. The second-order valence-electron chi connectivity index (χ2n) is 9.07. The Morgan fingerprint density at radius 1 is 1.27 bits per heavy atom. The predicted octanol–water partition coefficient (Wildman–Crippen LogP) is 2.29. The first-order valence-electron chi connectivity index (χ1n) is 11.8. The van der Waals surface area contributed by atoms with E-state index in [4.69, 9.17) is 9.47 Å². The summed E-state index contributed by atoms with van der Waals surface area (Å²) in [5.74, 6) is -0.859. The molecule has 2 aliphatic rings. The summed E-state index contributed by atoms with van der Waals surface area (Å²) in [5, 5.41) is 16.4. The van der Waals surface area contributed by atoms with E-state index in [0.717, 1.165) is 0 Å². The number of halogens is 3. The minimum Gasteiger partial charge on any atom is -0.481 e. The van der Waals surface area contributed by atoms with Crippen molar-refractivity contribution in [1.82, 2.24) is 20.2 Å². The van der Waals surface area contributed by atoms with Gasteiger partial charge in [0.25, 0.3) is 5.91 Å². The fourth-order valence-electron chi connectivity index (χ4n) is 4.74. The lowest BCUT2D eigenvalue weighted by Gasteiger charge is -2.20. The number of likely N-dealkylation sites (tertiary alicyclic amines) is 1. The lowest BCUT2D eigenvalue weighted by Crippen LogP contribution is -2.30. The molecule has 0 unspecified atom stereocenters. The molecule has 1 fully saturated rings. The molecule has 4 heterocycles. The molecule has 1 amide bonds. The van der Waals surface area contributed by atoms with Crippen LogP contribution in [0.1, 0.15) is 11.1 Å². The molecular formula is C25H28ClF2N5O4. The van der Waals surface area contributed by atoms with Gasteiger partial charge in [0, 0.05) is 50.3 Å². The number of carbonyl (C=O) groups excluding carboxylic acids is 1. The Kier molecular flexibility index (Phi) is 8.38. The highest BCUT2D eigenvalue weighted by molar-refractivity contribution is 5.95. The maximum absolute atomic E-state index is 14.6.